The lowest BCUT2D eigenvalue weighted by Crippen LogP contribution is -2.51. The molecule has 5 heteroatoms. The molecule has 26 heavy (non-hydrogen) atoms. The highest BCUT2D eigenvalue weighted by atomic mass is 32.1. The van der Waals surface area contributed by atoms with Gasteiger partial charge in [-0.3, -0.25) is 4.90 Å². The molecule has 0 aromatic heterocycles. The van der Waals surface area contributed by atoms with Gasteiger partial charge in [0.2, 0.25) is 0 Å². The Hall–Kier alpha value is -2.11. The summed E-state index contributed by atoms with van der Waals surface area (Å²) in [6.07, 6.45) is 0. The second-order valence-corrected chi connectivity index (χ2v) is 7.11. The molecule has 1 aliphatic rings. The Kier molecular flexibility index (Phi) is 6.47. The van der Waals surface area contributed by atoms with E-state index in [4.69, 9.17) is 17.0 Å². The first-order valence-corrected chi connectivity index (χ1v) is 9.49. The van der Waals surface area contributed by atoms with E-state index in [1.165, 1.54) is 16.7 Å². The van der Waals surface area contributed by atoms with Crippen molar-refractivity contribution in [3.8, 4) is 5.75 Å². The van der Waals surface area contributed by atoms with Gasteiger partial charge in [0.1, 0.15) is 5.75 Å². The molecular weight excluding hydrogens is 342 g/mol. The summed E-state index contributed by atoms with van der Waals surface area (Å²) >= 11 is 5.57. The Morgan fingerprint density at radius 3 is 2.50 bits per heavy atom. The van der Waals surface area contributed by atoms with Crippen molar-refractivity contribution in [3.05, 3.63) is 65.2 Å². The van der Waals surface area contributed by atoms with Gasteiger partial charge in [-0.15, -0.1) is 0 Å². The summed E-state index contributed by atoms with van der Waals surface area (Å²) in [6, 6.07) is 16.7. The van der Waals surface area contributed by atoms with Crippen molar-refractivity contribution in [2.45, 2.75) is 20.0 Å². The number of piperazine rings is 1. The van der Waals surface area contributed by atoms with Crippen LogP contribution in [0.2, 0.25) is 0 Å². The third-order valence-electron chi connectivity index (χ3n) is 4.78. The number of nitrogens with zero attached hydrogens (tertiary/aromatic N) is 2. The largest absolute Gasteiger partial charge is 0.496 e. The molecule has 0 aliphatic carbocycles. The van der Waals surface area contributed by atoms with Crippen LogP contribution in [-0.2, 0) is 13.1 Å². The van der Waals surface area contributed by atoms with Crippen molar-refractivity contribution in [2.75, 3.05) is 33.3 Å². The summed E-state index contributed by atoms with van der Waals surface area (Å²) in [5.41, 5.74) is 3.77. The van der Waals surface area contributed by atoms with Crippen LogP contribution in [0.4, 0.5) is 0 Å². The number of aryl methyl sites for hydroxylation is 1. The monoisotopic (exact) mass is 369 g/mol. The normalized spacial score (nSPS) is 14.9. The number of ether oxygens (including phenoxy) is 1. The van der Waals surface area contributed by atoms with Crippen molar-refractivity contribution >= 4 is 17.3 Å². The highest BCUT2D eigenvalue weighted by Crippen LogP contribution is 2.22. The number of methoxy groups -OCH3 is 1. The highest BCUT2D eigenvalue weighted by molar-refractivity contribution is 7.80. The third kappa shape index (κ3) is 4.96. The second kappa shape index (κ2) is 9.01. The molecule has 0 radical (unpaired) electrons. The fourth-order valence-corrected chi connectivity index (χ4v) is 3.52. The van der Waals surface area contributed by atoms with Crippen LogP contribution in [0, 0.1) is 6.92 Å². The average Bonchev–Trinajstić information content (AvgIpc) is 2.68. The molecular formula is C21H27N3OS. The molecule has 4 nitrogen and oxygen atoms in total. The molecule has 138 valence electrons. The van der Waals surface area contributed by atoms with E-state index in [-0.39, 0.29) is 0 Å². The molecule has 0 spiro atoms. The smallest absolute Gasteiger partial charge is 0.169 e. The van der Waals surface area contributed by atoms with E-state index in [9.17, 15) is 0 Å². The summed E-state index contributed by atoms with van der Waals surface area (Å²) in [4.78, 5) is 4.73. The zero-order chi connectivity index (χ0) is 18.4. The summed E-state index contributed by atoms with van der Waals surface area (Å²) in [7, 11) is 1.74. The van der Waals surface area contributed by atoms with Gasteiger partial charge in [0, 0.05) is 44.8 Å². The van der Waals surface area contributed by atoms with Crippen molar-refractivity contribution in [2.24, 2.45) is 0 Å². The Morgan fingerprint density at radius 1 is 1.08 bits per heavy atom. The number of hydrogen-bond donors (Lipinski definition) is 1. The number of hydrogen-bond acceptors (Lipinski definition) is 3. The molecule has 0 atom stereocenters. The predicted octanol–water partition coefficient (Wildman–Crippen LogP) is 3.20. The van der Waals surface area contributed by atoms with Crippen molar-refractivity contribution < 1.29 is 4.74 Å². The van der Waals surface area contributed by atoms with Crippen LogP contribution >= 0.6 is 12.2 Å². The first kappa shape index (κ1) is 18.7. The molecule has 1 aliphatic heterocycles. The second-order valence-electron chi connectivity index (χ2n) is 6.72. The van der Waals surface area contributed by atoms with Crippen LogP contribution in [0.5, 0.6) is 5.75 Å². The maximum Gasteiger partial charge on any atom is 0.169 e. The van der Waals surface area contributed by atoms with Gasteiger partial charge in [0.25, 0.3) is 0 Å². The molecule has 0 unspecified atom stereocenters. The molecule has 2 aromatic carbocycles. The summed E-state index contributed by atoms with van der Waals surface area (Å²) < 4.78 is 5.51. The first-order valence-electron chi connectivity index (χ1n) is 9.08. The molecule has 0 saturated carbocycles. The lowest BCUT2D eigenvalue weighted by Gasteiger charge is -2.36. The molecule has 1 saturated heterocycles. The van der Waals surface area contributed by atoms with Gasteiger partial charge >= 0.3 is 0 Å². The third-order valence-corrected chi connectivity index (χ3v) is 5.18. The van der Waals surface area contributed by atoms with Gasteiger partial charge in [-0.1, -0.05) is 48.0 Å². The van der Waals surface area contributed by atoms with Gasteiger partial charge in [-0.2, -0.15) is 0 Å². The lowest BCUT2D eigenvalue weighted by atomic mass is 10.1. The maximum atomic E-state index is 5.57. The van der Waals surface area contributed by atoms with Crippen molar-refractivity contribution in [1.82, 2.24) is 15.1 Å². The van der Waals surface area contributed by atoms with Crippen molar-refractivity contribution in [3.63, 3.8) is 0 Å². The van der Waals surface area contributed by atoms with E-state index >= 15 is 0 Å². The van der Waals surface area contributed by atoms with Crippen LogP contribution in [0.1, 0.15) is 16.7 Å². The molecule has 1 N–H and O–H groups in total. The van der Waals surface area contributed by atoms with Crippen LogP contribution in [-0.4, -0.2) is 48.2 Å². The lowest BCUT2D eigenvalue weighted by molar-refractivity contribution is 0.173. The summed E-state index contributed by atoms with van der Waals surface area (Å²) in [5, 5.41) is 4.23. The number of rotatable bonds is 5. The van der Waals surface area contributed by atoms with Crippen LogP contribution in [0.25, 0.3) is 0 Å². The van der Waals surface area contributed by atoms with Crippen LogP contribution < -0.4 is 10.1 Å². The molecule has 1 heterocycles. The van der Waals surface area contributed by atoms with Gasteiger partial charge < -0.3 is 15.0 Å². The number of benzene rings is 2. The van der Waals surface area contributed by atoms with E-state index in [1.807, 2.05) is 6.07 Å². The molecule has 1 fully saturated rings. The first-order chi connectivity index (χ1) is 12.7. The Balaban J connectivity index is 1.48. The number of nitrogens with one attached hydrogen (secondary N) is 1. The zero-order valence-electron chi connectivity index (χ0n) is 15.6. The minimum atomic E-state index is 0.778. The van der Waals surface area contributed by atoms with E-state index in [1.54, 1.807) is 7.11 Å². The van der Waals surface area contributed by atoms with Crippen molar-refractivity contribution in [1.29, 1.82) is 0 Å². The summed E-state index contributed by atoms with van der Waals surface area (Å²) in [6.45, 7) is 7.74. The van der Waals surface area contributed by atoms with Gasteiger partial charge in [0.15, 0.2) is 5.11 Å². The van der Waals surface area contributed by atoms with Crippen LogP contribution in [0.3, 0.4) is 0 Å². The van der Waals surface area contributed by atoms with E-state index in [2.05, 4.69) is 64.5 Å². The van der Waals surface area contributed by atoms with Gasteiger partial charge in [-0.25, -0.2) is 0 Å². The Morgan fingerprint density at radius 2 is 1.81 bits per heavy atom. The van der Waals surface area contributed by atoms with E-state index in [0.29, 0.717) is 0 Å². The topological polar surface area (TPSA) is 27.7 Å². The van der Waals surface area contributed by atoms with Gasteiger partial charge in [-0.05, 0) is 30.8 Å². The predicted molar refractivity (Wildman–Crippen MR) is 110 cm³/mol. The SMILES string of the molecule is COc1ccc(C)cc1CN1CCN(C(=S)NCc2ccccc2)CC1. The summed E-state index contributed by atoms with van der Waals surface area (Å²) in [5.74, 6) is 0.970. The fourth-order valence-electron chi connectivity index (χ4n) is 3.27. The molecule has 3 rings (SSSR count). The number of thiocarbonyl (C=S) groups is 1. The average molecular weight is 370 g/mol. The molecule has 2 aromatic rings. The molecule has 0 amide bonds. The highest BCUT2D eigenvalue weighted by Gasteiger charge is 2.19. The Labute approximate surface area is 161 Å². The molecule has 0 bridgehead atoms. The quantitative estimate of drug-likeness (QED) is 0.817. The Bertz CT molecular complexity index is 727. The van der Waals surface area contributed by atoms with Crippen LogP contribution in [0.15, 0.2) is 48.5 Å². The zero-order valence-corrected chi connectivity index (χ0v) is 16.4. The maximum absolute atomic E-state index is 5.57. The fraction of sp³-hybridized carbons (Fsp3) is 0.381. The standard InChI is InChI=1S/C21H27N3OS/c1-17-8-9-20(25-2)19(14-17)16-23-10-12-24(13-11-23)21(26)22-15-18-6-4-3-5-7-18/h3-9,14H,10-13,15-16H2,1-2H3,(H,22,26). The van der Waals surface area contributed by atoms with E-state index in [0.717, 1.165) is 50.1 Å². The van der Waals surface area contributed by atoms with E-state index < -0.39 is 0 Å². The minimum Gasteiger partial charge on any atom is -0.496 e. The van der Waals surface area contributed by atoms with Gasteiger partial charge in [0.05, 0.1) is 7.11 Å². The minimum absolute atomic E-state index is 0.778.